The Kier molecular flexibility index (Phi) is 3.92. The largest absolute Gasteiger partial charge is 0.377 e. The number of rotatable bonds is 3. The van der Waals surface area contributed by atoms with Gasteiger partial charge in [0.1, 0.15) is 0 Å². The van der Waals surface area contributed by atoms with E-state index in [1.807, 2.05) is 0 Å². The predicted octanol–water partition coefficient (Wildman–Crippen LogP) is 3.85. The normalized spacial score (nSPS) is 47.1. The summed E-state index contributed by atoms with van der Waals surface area (Å²) in [6, 6.07) is 1.40. The maximum atomic E-state index is 5.94. The molecule has 1 saturated heterocycles. The maximum Gasteiger partial charge on any atom is 0.0685 e. The van der Waals surface area contributed by atoms with Crippen LogP contribution >= 0.6 is 0 Å². The summed E-state index contributed by atoms with van der Waals surface area (Å²) in [6.07, 6.45) is 5.98. The molecule has 2 aliphatic carbocycles. The van der Waals surface area contributed by atoms with Crippen molar-refractivity contribution in [3.8, 4) is 0 Å². The van der Waals surface area contributed by atoms with E-state index < -0.39 is 0 Å². The molecule has 1 heterocycles. The average molecular weight is 279 g/mol. The van der Waals surface area contributed by atoms with Gasteiger partial charge < -0.3 is 10.1 Å². The molecular formula is C18H33NO. The number of nitrogens with one attached hydrogen (secondary N) is 1. The van der Waals surface area contributed by atoms with Crippen molar-refractivity contribution in [1.29, 1.82) is 0 Å². The highest BCUT2D eigenvalue weighted by Gasteiger charge is 2.59. The molecular weight excluding hydrogens is 246 g/mol. The lowest BCUT2D eigenvalue weighted by atomic mass is 9.56. The van der Waals surface area contributed by atoms with Crippen LogP contribution in [0.1, 0.15) is 60.3 Å². The summed E-state index contributed by atoms with van der Waals surface area (Å²) >= 11 is 0. The molecule has 0 spiro atoms. The van der Waals surface area contributed by atoms with Crippen LogP contribution in [0.3, 0.4) is 0 Å². The molecule has 0 bridgehead atoms. The summed E-state index contributed by atoms with van der Waals surface area (Å²) in [6.45, 7) is 13.0. The van der Waals surface area contributed by atoms with Crippen LogP contribution in [0.4, 0.5) is 0 Å². The van der Waals surface area contributed by atoms with Gasteiger partial charge in [0.2, 0.25) is 0 Å². The molecule has 0 aromatic rings. The van der Waals surface area contributed by atoms with Gasteiger partial charge in [-0.2, -0.15) is 0 Å². The standard InChI is InChI=1S/C18H33NO/c1-11(2)13-7-6-12(3)10-15(13)19-16-14-8-9-20-17(14)18(16,4)5/h11-17,19H,6-10H2,1-5H3. The summed E-state index contributed by atoms with van der Waals surface area (Å²) in [5.41, 5.74) is 0.323. The quantitative estimate of drug-likeness (QED) is 0.847. The van der Waals surface area contributed by atoms with Crippen LogP contribution in [-0.2, 0) is 4.74 Å². The van der Waals surface area contributed by atoms with E-state index in [1.165, 1.54) is 25.7 Å². The first-order valence-electron chi connectivity index (χ1n) is 8.79. The number of hydrogen-bond donors (Lipinski definition) is 1. The van der Waals surface area contributed by atoms with E-state index in [2.05, 4.69) is 39.9 Å². The summed E-state index contributed by atoms with van der Waals surface area (Å²) in [4.78, 5) is 0. The van der Waals surface area contributed by atoms with Crippen molar-refractivity contribution in [2.24, 2.45) is 29.1 Å². The average Bonchev–Trinajstić information content (AvgIpc) is 2.82. The van der Waals surface area contributed by atoms with Crippen LogP contribution < -0.4 is 5.32 Å². The fourth-order valence-electron chi connectivity index (χ4n) is 5.29. The first kappa shape index (κ1) is 14.8. The van der Waals surface area contributed by atoms with Gasteiger partial charge >= 0.3 is 0 Å². The molecule has 3 aliphatic rings. The van der Waals surface area contributed by atoms with Crippen molar-refractivity contribution in [2.75, 3.05) is 6.61 Å². The molecule has 2 saturated carbocycles. The summed E-state index contributed by atoms with van der Waals surface area (Å²) < 4.78 is 5.94. The minimum absolute atomic E-state index is 0.323. The molecule has 3 rings (SSSR count). The zero-order valence-electron chi connectivity index (χ0n) is 14.0. The van der Waals surface area contributed by atoms with Crippen LogP contribution in [0.15, 0.2) is 0 Å². The summed E-state index contributed by atoms with van der Waals surface area (Å²) in [5.74, 6) is 3.33. The van der Waals surface area contributed by atoms with Crippen molar-refractivity contribution in [3.63, 3.8) is 0 Å². The third kappa shape index (κ3) is 2.33. The second kappa shape index (κ2) is 5.28. The minimum atomic E-state index is 0.323. The predicted molar refractivity (Wildman–Crippen MR) is 83.7 cm³/mol. The van der Waals surface area contributed by atoms with E-state index in [4.69, 9.17) is 4.74 Å². The van der Waals surface area contributed by atoms with E-state index in [1.54, 1.807) is 0 Å². The second-order valence-corrected chi connectivity index (χ2v) is 8.64. The molecule has 6 atom stereocenters. The van der Waals surface area contributed by atoms with Gasteiger partial charge in [0.05, 0.1) is 6.10 Å². The van der Waals surface area contributed by atoms with Crippen LogP contribution in [0.5, 0.6) is 0 Å². The Morgan fingerprint density at radius 1 is 1.15 bits per heavy atom. The molecule has 6 unspecified atom stereocenters. The van der Waals surface area contributed by atoms with E-state index >= 15 is 0 Å². The number of hydrogen-bond acceptors (Lipinski definition) is 2. The first-order valence-corrected chi connectivity index (χ1v) is 8.79. The van der Waals surface area contributed by atoms with Gasteiger partial charge in [-0.05, 0) is 37.0 Å². The molecule has 0 aromatic carbocycles. The Balaban J connectivity index is 1.69. The van der Waals surface area contributed by atoms with Crippen LogP contribution in [-0.4, -0.2) is 24.8 Å². The SMILES string of the molecule is CC1CCC(C(C)C)C(NC2C3CCOC3C2(C)C)C1. The van der Waals surface area contributed by atoms with Gasteiger partial charge in [0.25, 0.3) is 0 Å². The van der Waals surface area contributed by atoms with E-state index in [0.717, 1.165) is 36.3 Å². The highest BCUT2D eigenvalue weighted by Crippen LogP contribution is 2.52. The van der Waals surface area contributed by atoms with E-state index in [9.17, 15) is 0 Å². The van der Waals surface area contributed by atoms with E-state index in [0.29, 0.717) is 17.6 Å². The van der Waals surface area contributed by atoms with Crippen molar-refractivity contribution in [2.45, 2.75) is 78.5 Å². The molecule has 3 fully saturated rings. The molecule has 2 nitrogen and oxygen atoms in total. The minimum Gasteiger partial charge on any atom is -0.377 e. The molecule has 2 heteroatoms. The molecule has 0 amide bonds. The lowest BCUT2D eigenvalue weighted by Crippen LogP contribution is -2.68. The van der Waals surface area contributed by atoms with Gasteiger partial charge in [0, 0.05) is 30.0 Å². The highest BCUT2D eigenvalue weighted by molar-refractivity contribution is 5.12. The number of fused-ring (bicyclic) bond motifs is 1. The smallest absolute Gasteiger partial charge is 0.0685 e. The maximum absolute atomic E-state index is 5.94. The fourth-order valence-corrected chi connectivity index (χ4v) is 5.29. The third-order valence-electron chi connectivity index (χ3n) is 6.52. The Hall–Kier alpha value is -0.0800. The van der Waals surface area contributed by atoms with Gasteiger partial charge in [-0.25, -0.2) is 0 Å². The van der Waals surface area contributed by atoms with Gasteiger partial charge in [-0.15, -0.1) is 0 Å². The monoisotopic (exact) mass is 279 g/mol. The third-order valence-corrected chi connectivity index (χ3v) is 6.52. The molecule has 0 radical (unpaired) electrons. The summed E-state index contributed by atoms with van der Waals surface area (Å²) in [5, 5.41) is 4.10. The topological polar surface area (TPSA) is 21.3 Å². The molecule has 1 aliphatic heterocycles. The van der Waals surface area contributed by atoms with Crippen LogP contribution in [0.2, 0.25) is 0 Å². The second-order valence-electron chi connectivity index (χ2n) is 8.64. The molecule has 20 heavy (non-hydrogen) atoms. The Labute approximate surface area is 125 Å². The van der Waals surface area contributed by atoms with Gasteiger partial charge in [-0.3, -0.25) is 0 Å². The number of ether oxygens (including phenoxy) is 1. The lowest BCUT2D eigenvalue weighted by molar-refractivity contribution is -0.119. The van der Waals surface area contributed by atoms with Crippen molar-refractivity contribution >= 4 is 0 Å². The zero-order chi connectivity index (χ0) is 14.5. The summed E-state index contributed by atoms with van der Waals surface area (Å²) in [7, 11) is 0. The van der Waals surface area contributed by atoms with E-state index in [-0.39, 0.29) is 0 Å². The molecule has 116 valence electrons. The highest BCUT2D eigenvalue weighted by atomic mass is 16.5. The lowest BCUT2D eigenvalue weighted by Gasteiger charge is -2.57. The van der Waals surface area contributed by atoms with Gasteiger partial charge in [-0.1, -0.05) is 41.0 Å². The van der Waals surface area contributed by atoms with Crippen molar-refractivity contribution in [1.82, 2.24) is 5.32 Å². The molecule has 1 N–H and O–H groups in total. The fraction of sp³-hybridized carbons (Fsp3) is 1.00. The Morgan fingerprint density at radius 2 is 1.90 bits per heavy atom. The Bertz CT molecular complexity index is 351. The van der Waals surface area contributed by atoms with Crippen LogP contribution in [0.25, 0.3) is 0 Å². The zero-order valence-corrected chi connectivity index (χ0v) is 14.0. The molecule has 0 aromatic heterocycles. The first-order chi connectivity index (χ1) is 9.41. The van der Waals surface area contributed by atoms with Gasteiger partial charge in [0.15, 0.2) is 0 Å². The van der Waals surface area contributed by atoms with Crippen molar-refractivity contribution < 1.29 is 4.74 Å². The van der Waals surface area contributed by atoms with Crippen molar-refractivity contribution in [3.05, 3.63) is 0 Å². The van der Waals surface area contributed by atoms with Crippen LogP contribution in [0, 0.1) is 29.1 Å². The Morgan fingerprint density at radius 3 is 2.60 bits per heavy atom.